The van der Waals surface area contributed by atoms with Gasteiger partial charge in [0.1, 0.15) is 0 Å². The Morgan fingerprint density at radius 1 is 1.13 bits per heavy atom. The number of nitrogens with zero attached hydrogens (tertiary/aromatic N) is 4. The van der Waals surface area contributed by atoms with Gasteiger partial charge in [-0.2, -0.15) is 18.3 Å². The first-order valence-corrected chi connectivity index (χ1v) is 9.84. The lowest BCUT2D eigenvalue weighted by atomic mass is 10.1. The van der Waals surface area contributed by atoms with Gasteiger partial charge in [0, 0.05) is 18.2 Å². The maximum atomic E-state index is 13.7. The van der Waals surface area contributed by atoms with Crippen LogP contribution in [0, 0.1) is 0 Å². The Morgan fingerprint density at radius 3 is 2.60 bits per heavy atom. The lowest BCUT2D eigenvalue weighted by Crippen LogP contribution is -2.42. The molecule has 1 fully saturated rings. The summed E-state index contributed by atoms with van der Waals surface area (Å²) in [5, 5.41) is 13.6. The van der Waals surface area contributed by atoms with Gasteiger partial charge in [-0.15, -0.1) is 0 Å². The van der Waals surface area contributed by atoms with E-state index in [0.29, 0.717) is 23.0 Å². The molecular weight excluding hydrogens is 397 g/mol. The molecule has 0 saturated carbocycles. The molecule has 0 aliphatic carbocycles. The van der Waals surface area contributed by atoms with Crippen LogP contribution in [0.2, 0.25) is 0 Å². The quantitative estimate of drug-likeness (QED) is 0.703. The highest BCUT2D eigenvalue weighted by Crippen LogP contribution is 2.32. The summed E-state index contributed by atoms with van der Waals surface area (Å²) in [6, 6.07) is 10.4. The fourth-order valence-corrected chi connectivity index (χ4v) is 3.82. The van der Waals surface area contributed by atoms with E-state index in [2.05, 4.69) is 10.1 Å². The van der Waals surface area contributed by atoms with Crippen molar-refractivity contribution in [3.8, 4) is 11.3 Å². The van der Waals surface area contributed by atoms with Gasteiger partial charge in [-0.05, 0) is 18.9 Å². The van der Waals surface area contributed by atoms with Gasteiger partial charge in [-0.25, -0.2) is 9.50 Å². The predicted octanol–water partition coefficient (Wildman–Crippen LogP) is 3.79. The van der Waals surface area contributed by atoms with Crippen molar-refractivity contribution >= 4 is 11.6 Å². The first-order valence-electron chi connectivity index (χ1n) is 9.84. The van der Waals surface area contributed by atoms with E-state index in [1.807, 2.05) is 0 Å². The Morgan fingerprint density at radius 2 is 1.90 bits per heavy atom. The Balaban J connectivity index is 1.80. The maximum absolute atomic E-state index is 13.7. The molecule has 1 aliphatic heterocycles. The third-order valence-corrected chi connectivity index (χ3v) is 5.36. The largest absolute Gasteiger partial charge is 0.433 e. The Kier molecular flexibility index (Phi) is 5.46. The topological polar surface area (TPSA) is 70.7 Å². The van der Waals surface area contributed by atoms with Crippen LogP contribution in [0.5, 0.6) is 0 Å². The van der Waals surface area contributed by atoms with E-state index in [9.17, 15) is 23.1 Å². The highest BCUT2D eigenvalue weighted by molar-refractivity contribution is 5.93. The molecule has 1 N–H and O–H groups in total. The van der Waals surface area contributed by atoms with E-state index in [-0.39, 0.29) is 29.7 Å². The van der Waals surface area contributed by atoms with Gasteiger partial charge >= 0.3 is 6.18 Å². The minimum atomic E-state index is -4.67. The maximum Gasteiger partial charge on any atom is 0.433 e. The van der Waals surface area contributed by atoms with E-state index in [1.54, 1.807) is 30.3 Å². The molecule has 3 heterocycles. The molecule has 4 rings (SSSR count). The molecule has 6 nitrogen and oxygen atoms in total. The minimum absolute atomic E-state index is 0.0533. The minimum Gasteiger partial charge on any atom is -0.394 e. The third-order valence-electron chi connectivity index (χ3n) is 5.36. The number of alkyl halides is 3. The fraction of sp³-hybridized carbons (Fsp3) is 0.381. The van der Waals surface area contributed by atoms with Crippen LogP contribution >= 0.6 is 0 Å². The number of aliphatic hydroxyl groups excluding tert-OH is 1. The van der Waals surface area contributed by atoms with Crippen LogP contribution < -0.4 is 0 Å². The second-order valence-corrected chi connectivity index (χ2v) is 7.37. The number of fused-ring (bicyclic) bond motifs is 1. The molecule has 3 aromatic rings. The number of hydrogen-bond donors (Lipinski definition) is 1. The molecule has 30 heavy (non-hydrogen) atoms. The zero-order chi connectivity index (χ0) is 21.3. The predicted molar refractivity (Wildman–Crippen MR) is 104 cm³/mol. The fourth-order valence-electron chi connectivity index (χ4n) is 3.82. The van der Waals surface area contributed by atoms with Crippen molar-refractivity contribution in [2.24, 2.45) is 0 Å². The van der Waals surface area contributed by atoms with Crippen LogP contribution in [-0.2, 0) is 6.18 Å². The van der Waals surface area contributed by atoms with Crippen LogP contribution in [0.25, 0.3) is 16.9 Å². The van der Waals surface area contributed by atoms with E-state index < -0.39 is 17.8 Å². The number of carbonyl (C=O) groups excluding carboxylic acids is 1. The van der Waals surface area contributed by atoms with Crippen molar-refractivity contribution in [2.45, 2.75) is 37.9 Å². The lowest BCUT2D eigenvalue weighted by Gasteiger charge is -2.27. The second-order valence-electron chi connectivity index (χ2n) is 7.37. The first-order chi connectivity index (χ1) is 14.4. The van der Waals surface area contributed by atoms with Crippen molar-refractivity contribution < 1.29 is 23.1 Å². The number of likely N-dealkylation sites (tertiary alicyclic amines) is 1. The summed E-state index contributed by atoms with van der Waals surface area (Å²) in [6.07, 6.45) is -1.42. The second kappa shape index (κ2) is 8.06. The highest BCUT2D eigenvalue weighted by Gasteiger charge is 2.36. The number of hydrogen-bond acceptors (Lipinski definition) is 4. The summed E-state index contributed by atoms with van der Waals surface area (Å²) in [7, 11) is 0. The molecule has 9 heteroatoms. The molecule has 1 unspecified atom stereocenters. The summed E-state index contributed by atoms with van der Waals surface area (Å²) in [4.78, 5) is 18.9. The molecule has 1 aromatic carbocycles. The lowest BCUT2D eigenvalue weighted by molar-refractivity contribution is -0.142. The van der Waals surface area contributed by atoms with Crippen LogP contribution in [0.3, 0.4) is 0 Å². The number of benzene rings is 1. The Bertz CT molecular complexity index is 1050. The number of carbonyl (C=O) groups is 1. The van der Waals surface area contributed by atoms with Crippen molar-refractivity contribution in [1.29, 1.82) is 0 Å². The molecule has 0 spiro atoms. The molecule has 158 valence electrons. The van der Waals surface area contributed by atoms with Gasteiger partial charge in [-0.1, -0.05) is 43.2 Å². The Hall–Kier alpha value is -2.94. The van der Waals surface area contributed by atoms with E-state index >= 15 is 0 Å². The summed E-state index contributed by atoms with van der Waals surface area (Å²) in [5.74, 6) is -0.490. The molecule has 1 saturated heterocycles. The number of aromatic nitrogens is 3. The summed E-state index contributed by atoms with van der Waals surface area (Å²) in [5.41, 5.74) is -0.481. The highest BCUT2D eigenvalue weighted by atomic mass is 19.4. The van der Waals surface area contributed by atoms with Crippen molar-refractivity contribution in [3.63, 3.8) is 0 Å². The number of aliphatic hydroxyl groups is 1. The average Bonchev–Trinajstić information content (AvgIpc) is 3.02. The van der Waals surface area contributed by atoms with Crippen molar-refractivity contribution in [2.75, 3.05) is 13.2 Å². The molecule has 2 aromatic heterocycles. The SMILES string of the molecule is O=C(c1cc2nc(-c3ccccc3)cc(C(F)(F)F)n2n1)N1CCCCCC1CO. The molecule has 0 radical (unpaired) electrons. The van der Waals surface area contributed by atoms with Crippen LogP contribution in [0.4, 0.5) is 13.2 Å². The van der Waals surface area contributed by atoms with Crippen LogP contribution in [0.15, 0.2) is 42.5 Å². The summed E-state index contributed by atoms with van der Waals surface area (Å²) in [6.45, 7) is 0.246. The zero-order valence-corrected chi connectivity index (χ0v) is 16.1. The molecule has 1 atom stereocenters. The van der Waals surface area contributed by atoms with Gasteiger partial charge in [-0.3, -0.25) is 4.79 Å². The third kappa shape index (κ3) is 3.89. The average molecular weight is 418 g/mol. The van der Waals surface area contributed by atoms with Crippen LogP contribution in [0.1, 0.15) is 41.9 Å². The van der Waals surface area contributed by atoms with Crippen molar-refractivity contribution in [3.05, 3.63) is 53.9 Å². The zero-order valence-electron chi connectivity index (χ0n) is 16.1. The van der Waals surface area contributed by atoms with Crippen molar-refractivity contribution in [1.82, 2.24) is 19.5 Å². The molecule has 1 amide bonds. The number of rotatable bonds is 3. The van der Waals surface area contributed by atoms with Gasteiger partial charge in [0.25, 0.3) is 5.91 Å². The summed E-state index contributed by atoms with van der Waals surface area (Å²) >= 11 is 0. The van der Waals surface area contributed by atoms with Gasteiger partial charge in [0.2, 0.25) is 0 Å². The van der Waals surface area contributed by atoms with E-state index in [4.69, 9.17) is 0 Å². The standard InChI is InChI=1S/C21H21F3N4O2/c22-21(23,24)18-11-16(14-7-3-1-4-8-14)25-19-12-17(26-28(18)19)20(30)27-10-6-2-5-9-15(27)13-29/h1,3-4,7-8,11-12,15,29H,2,5-6,9-10,13H2. The van der Waals surface area contributed by atoms with Gasteiger partial charge < -0.3 is 10.0 Å². The Labute approximate surface area is 171 Å². The van der Waals surface area contributed by atoms with E-state index in [1.165, 1.54) is 11.0 Å². The first kappa shape index (κ1) is 20.3. The summed E-state index contributed by atoms with van der Waals surface area (Å²) < 4.78 is 41.9. The van der Waals surface area contributed by atoms with Gasteiger partial charge in [0.15, 0.2) is 17.0 Å². The molecule has 1 aliphatic rings. The van der Waals surface area contributed by atoms with Crippen LogP contribution in [-0.4, -0.2) is 49.7 Å². The number of halogens is 3. The number of amides is 1. The monoisotopic (exact) mass is 418 g/mol. The molecular formula is C21H21F3N4O2. The normalized spacial score (nSPS) is 17.9. The van der Waals surface area contributed by atoms with Gasteiger partial charge in [0.05, 0.1) is 18.3 Å². The smallest absolute Gasteiger partial charge is 0.394 e. The molecule has 0 bridgehead atoms. The van der Waals surface area contributed by atoms with E-state index in [0.717, 1.165) is 25.3 Å².